The predicted molar refractivity (Wildman–Crippen MR) is 439 cm³/mol. The quantitative estimate of drug-likeness (QED) is 0.0199. The fourth-order valence-corrected chi connectivity index (χ4v) is 15.6. The number of amides is 1. The highest BCUT2D eigenvalue weighted by Gasteiger charge is 2.54. The maximum atomic E-state index is 13.5. The molecular formula is C90H169NO18. The Kier molecular flexibility index (Phi) is 65.2. The van der Waals surface area contributed by atoms with Gasteiger partial charge in [-0.2, -0.15) is 0 Å². The number of nitrogens with one attached hydrogen (secondary N) is 1. The fourth-order valence-electron chi connectivity index (χ4n) is 15.6. The first kappa shape index (κ1) is 101. The van der Waals surface area contributed by atoms with Crippen molar-refractivity contribution < 1.29 is 89.4 Å². The van der Waals surface area contributed by atoms with Crippen molar-refractivity contribution in [3.8, 4) is 0 Å². The lowest BCUT2D eigenvalue weighted by Gasteiger charge is -2.48. The Morgan fingerprint density at radius 1 is 0.321 bits per heavy atom. The molecule has 17 atom stereocenters. The van der Waals surface area contributed by atoms with Crippen LogP contribution in [0.1, 0.15) is 399 Å². The van der Waals surface area contributed by atoms with Crippen LogP contribution in [0.3, 0.4) is 0 Å². The summed E-state index contributed by atoms with van der Waals surface area (Å²) in [5.74, 6) is -0.281. The molecule has 109 heavy (non-hydrogen) atoms. The smallest absolute Gasteiger partial charge is 0.220 e. The van der Waals surface area contributed by atoms with Crippen LogP contribution in [-0.2, 0) is 33.2 Å². The summed E-state index contributed by atoms with van der Waals surface area (Å²) in [5.41, 5.74) is 0. The second-order valence-corrected chi connectivity index (χ2v) is 32.8. The number of ether oxygens (including phenoxy) is 6. The summed E-state index contributed by atoms with van der Waals surface area (Å²) >= 11 is 0. The summed E-state index contributed by atoms with van der Waals surface area (Å²) in [6.45, 7) is 1.79. The molecule has 0 radical (unpaired) electrons. The van der Waals surface area contributed by atoms with E-state index in [1.807, 2.05) is 6.08 Å². The molecule has 3 aliphatic rings. The van der Waals surface area contributed by atoms with E-state index in [-0.39, 0.29) is 18.9 Å². The minimum Gasteiger partial charge on any atom is -0.394 e. The van der Waals surface area contributed by atoms with Gasteiger partial charge in [0.05, 0.1) is 38.6 Å². The van der Waals surface area contributed by atoms with E-state index < -0.39 is 124 Å². The van der Waals surface area contributed by atoms with E-state index in [2.05, 4.69) is 43.5 Å². The number of allylic oxidation sites excluding steroid dienone is 5. The lowest BCUT2D eigenvalue weighted by molar-refractivity contribution is -0.379. The number of carbonyl (C=O) groups excluding carboxylic acids is 1. The maximum Gasteiger partial charge on any atom is 0.220 e. The van der Waals surface area contributed by atoms with Gasteiger partial charge in [-0.3, -0.25) is 4.79 Å². The summed E-state index contributed by atoms with van der Waals surface area (Å²) in [4.78, 5) is 13.5. The number of unbranched alkanes of at least 4 members (excludes halogenated alkanes) is 55. The van der Waals surface area contributed by atoms with E-state index in [1.54, 1.807) is 6.08 Å². The second kappa shape index (κ2) is 70.2. The van der Waals surface area contributed by atoms with Crippen LogP contribution >= 0.6 is 0 Å². The number of rotatable bonds is 75. The highest BCUT2D eigenvalue weighted by Crippen LogP contribution is 2.34. The molecule has 17 unspecified atom stereocenters. The van der Waals surface area contributed by atoms with Crippen molar-refractivity contribution in [3.05, 3.63) is 36.5 Å². The zero-order valence-electron chi connectivity index (χ0n) is 69.3. The third-order valence-corrected chi connectivity index (χ3v) is 22.9. The van der Waals surface area contributed by atoms with Crippen LogP contribution in [0.2, 0.25) is 0 Å². The number of aliphatic hydroxyl groups excluding tert-OH is 11. The molecule has 0 aromatic carbocycles. The molecule has 3 heterocycles. The monoisotopic (exact) mass is 1550 g/mol. The molecule has 642 valence electrons. The Bertz CT molecular complexity index is 2100. The van der Waals surface area contributed by atoms with Crippen LogP contribution in [0.4, 0.5) is 0 Å². The number of aliphatic hydroxyl groups is 11. The van der Waals surface area contributed by atoms with Crippen molar-refractivity contribution in [3.63, 3.8) is 0 Å². The third kappa shape index (κ3) is 49.0. The second-order valence-electron chi connectivity index (χ2n) is 32.8. The van der Waals surface area contributed by atoms with Gasteiger partial charge in [0.1, 0.15) is 73.2 Å². The maximum absolute atomic E-state index is 13.5. The van der Waals surface area contributed by atoms with Gasteiger partial charge in [0.2, 0.25) is 5.91 Å². The van der Waals surface area contributed by atoms with Crippen molar-refractivity contribution in [1.29, 1.82) is 0 Å². The average molecular weight is 1550 g/mol. The van der Waals surface area contributed by atoms with Crippen LogP contribution < -0.4 is 5.32 Å². The summed E-state index contributed by atoms with van der Waals surface area (Å²) in [6.07, 6.45) is 63.2. The van der Waals surface area contributed by atoms with Crippen molar-refractivity contribution in [2.45, 2.75) is 503 Å². The van der Waals surface area contributed by atoms with Crippen molar-refractivity contribution >= 4 is 5.91 Å². The molecule has 0 aliphatic carbocycles. The van der Waals surface area contributed by atoms with E-state index in [1.165, 1.54) is 321 Å². The number of hydrogen-bond donors (Lipinski definition) is 12. The number of carbonyl (C=O) groups is 1. The molecule has 3 rings (SSSR count). The molecule has 1 amide bonds. The Morgan fingerprint density at radius 2 is 0.587 bits per heavy atom. The molecule has 0 spiro atoms. The van der Waals surface area contributed by atoms with Gasteiger partial charge in [-0.15, -0.1) is 0 Å². The minimum absolute atomic E-state index is 0.237. The van der Waals surface area contributed by atoms with Crippen LogP contribution in [0.15, 0.2) is 36.5 Å². The van der Waals surface area contributed by atoms with Gasteiger partial charge < -0.3 is 89.9 Å². The summed E-state index contributed by atoms with van der Waals surface area (Å²) in [5, 5.41) is 121. The molecule has 3 fully saturated rings. The normalized spacial score (nSPS) is 25.4. The van der Waals surface area contributed by atoms with E-state index >= 15 is 0 Å². The van der Waals surface area contributed by atoms with E-state index in [0.29, 0.717) is 12.8 Å². The molecule has 19 heteroatoms. The Labute approximate surface area is 663 Å². The SMILES string of the molecule is CCCCCCCCCCCCCCCCCCCCCCCCC/C=C/CC/C=C/CC/C=C/C(O)C(COC1OC(CO)C(OC2OC(CO)C(OC3OC(CO)C(O)C(O)C3O)C(O)C2O)C(O)C1O)NC(=O)CCCCCCCCCCCCCCCCCCCCCCCCCCCCCCCCC. The molecule has 0 bridgehead atoms. The Hall–Kier alpha value is -1.99. The molecule has 3 aliphatic heterocycles. The first-order valence-corrected chi connectivity index (χ1v) is 45.7. The van der Waals surface area contributed by atoms with Gasteiger partial charge in [-0.05, 0) is 44.9 Å². The van der Waals surface area contributed by atoms with E-state index in [4.69, 9.17) is 28.4 Å². The molecule has 19 nitrogen and oxygen atoms in total. The van der Waals surface area contributed by atoms with Gasteiger partial charge in [0, 0.05) is 6.42 Å². The van der Waals surface area contributed by atoms with Crippen molar-refractivity contribution in [1.82, 2.24) is 5.32 Å². The van der Waals surface area contributed by atoms with Crippen LogP contribution in [0.5, 0.6) is 0 Å². The van der Waals surface area contributed by atoms with Gasteiger partial charge in [-0.1, -0.05) is 384 Å². The van der Waals surface area contributed by atoms with Gasteiger partial charge in [0.25, 0.3) is 0 Å². The standard InChI is InChI=1S/C90H169NO18/c1-3-5-7-9-11-13-15-17-19-21-23-25-27-29-31-33-35-36-38-39-41-43-45-47-49-51-53-55-57-59-61-63-65-67-74(95)73(91-78(96)68-66-64-62-60-58-56-54-52-50-48-46-44-42-40-37-34-32-30-28-26-24-22-20-18-16-14-12-10-8-6-4-2)72-104-88-84(102)81(99)86(76(70-93)106-88)109-90-85(103)82(100)87(77(71-94)107-90)108-89-83(101)80(98)79(97)75(69-92)105-89/h49,51,57,59,65,67,73-77,79-90,92-95,97-103H,3-48,50,52-56,58,60-64,66,68-72H2,1-2H3,(H,91,96)/b51-49+,59-57+,67-65+. The van der Waals surface area contributed by atoms with Crippen molar-refractivity contribution in [2.75, 3.05) is 26.4 Å². The zero-order valence-corrected chi connectivity index (χ0v) is 69.3. The highest BCUT2D eigenvalue weighted by atomic mass is 16.8. The zero-order chi connectivity index (χ0) is 78.8. The van der Waals surface area contributed by atoms with Crippen LogP contribution in [0.25, 0.3) is 0 Å². The number of hydrogen-bond acceptors (Lipinski definition) is 18. The molecular weight excluding hydrogens is 1380 g/mol. The third-order valence-electron chi connectivity index (χ3n) is 22.9. The molecule has 12 N–H and O–H groups in total. The predicted octanol–water partition coefficient (Wildman–Crippen LogP) is 17.4. The largest absolute Gasteiger partial charge is 0.394 e. The summed E-state index contributed by atoms with van der Waals surface area (Å²) < 4.78 is 34.5. The topological polar surface area (TPSA) is 307 Å². The molecule has 0 aromatic rings. The lowest BCUT2D eigenvalue weighted by atomic mass is 9.96. The van der Waals surface area contributed by atoms with Crippen LogP contribution in [0, 0.1) is 0 Å². The minimum atomic E-state index is -1.98. The average Bonchev–Trinajstić information content (AvgIpc) is 0.825. The van der Waals surface area contributed by atoms with Gasteiger partial charge in [-0.25, -0.2) is 0 Å². The highest BCUT2D eigenvalue weighted by molar-refractivity contribution is 5.76. The van der Waals surface area contributed by atoms with Crippen molar-refractivity contribution in [2.24, 2.45) is 0 Å². The van der Waals surface area contributed by atoms with Crippen LogP contribution in [-0.4, -0.2) is 193 Å². The molecule has 0 aromatic heterocycles. The molecule has 0 saturated carbocycles. The van der Waals surface area contributed by atoms with E-state index in [9.17, 15) is 61.0 Å². The first-order chi connectivity index (χ1) is 53.3. The fraction of sp³-hybridized carbons (Fsp3) is 0.922. The van der Waals surface area contributed by atoms with Gasteiger partial charge in [0.15, 0.2) is 18.9 Å². The molecule has 3 saturated heterocycles. The Morgan fingerprint density at radius 3 is 0.917 bits per heavy atom. The lowest BCUT2D eigenvalue weighted by Crippen LogP contribution is -2.66. The van der Waals surface area contributed by atoms with Gasteiger partial charge >= 0.3 is 0 Å². The Balaban J connectivity index is 1.34. The summed E-state index contributed by atoms with van der Waals surface area (Å²) in [6, 6.07) is -0.997. The van der Waals surface area contributed by atoms with E-state index in [0.717, 1.165) is 44.9 Å². The summed E-state index contributed by atoms with van der Waals surface area (Å²) in [7, 11) is 0. The first-order valence-electron chi connectivity index (χ1n) is 45.7.